The molecule has 106 valence electrons. The highest BCUT2D eigenvalue weighted by Gasteiger charge is 2.11. The Kier molecular flexibility index (Phi) is 5.50. The van der Waals surface area contributed by atoms with E-state index in [4.69, 9.17) is 15.6 Å². The molecule has 1 aromatic rings. The number of nitrogens with two attached hydrogens (primary N) is 1. The lowest BCUT2D eigenvalue weighted by atomic mass is 10.1. The highest BCUT2D eigenvalue weighted by Crippen LogP contribution is 2.22. The van der Waals surface area contributed by atoms with Crippen LogP contribution in [0.3, 0.4) is 0 Å². The molecule has 0 radical (unpaired) electrons. The van der Waals surface area contributed by atoms with Crippen LogP contribution >= 0.6 is 0 Å². The summed E-state index contributed by atoms with van der Waals surface area (Å²) < 4.78 is 28.3. The lowest BCUT2D eigenvalue weighted by molar-refractivity contribution is 0.0215. The number of carbonyl (C=O) groups is 1. The first kappa shape index (κ1) is 15.2. The Balaban J connectivity index is 2.57. The fourth-order valence-electron chi connectivity index (χ4n) is 1.52. The molecule has 0 aliphatic rings. The highest BCUT2D eigenvalue weighted by molar-refractivity contribution is 5.95. The summed E-state index contributed by atoms with van der Waals surface area (Å²) in [7, 11) is 0. The predicted molar refractivity (Wildman–Crippen MR) is 67.9 cm³/mol. The first-order valence-corrected chi connectivity index (χ1v) is 5.65. The number of anilines is 2. The van der Waals surface area contributed by atoms with E-state index in [1.807, 2.05) is 0 Å². The molecule has 0 heterocycles. The van der Waals surface area contributed by atoms with E-state index in [9.17, 15) is 13.6 Å². The summed E-state index contributed by atoms with van der Waals surface area (Å²) in [5.74, 6) is -1.11. The van der Waals surface area contributed by atoms with Crippen LogP contribution in [-0.2, 0) is 4.74 Å². The summed E-state index contributed by atoms with van der Waals surface area (Å²) in [4.78, 5) is 11.0. The number of carboxylic acid groups (broad SMARTS) is 1. The van der Waals surface area contributed by atoms with Crippen LogP contribution in [0.4, 0.5) is 20.2 Å². The molecule has 0 unspecified atom stereocenters. The maximum atomic E-state index is 11.8. The third kappa shape index (κ3) is 4.70. The molecule has 0 aromatic heterocycles. The van der Waals surface area contributed by atoms with Crippen LogP contribution in [-0.4, -0.2) is 37.3 Å². The molecule has 0 aliphatic heterocycles. The van der Waals surface area contributed by atoms with E-state index >= 15 is 0 Å². The second-order valence-corrected chi connectivity index (χ2v) is 3.95. The van der Waals surface area contributed by atoms with Crippen LogP contribution in [0.15, 0.2) is 12.1 Å². The van der Waals surface area contributed by atoms with Crippen LogP contribution in [0.2, 0.25) is 0 Å². The van der Waals surface area contributed by atoms with Gasteiger partial charge in [-0.15, -0.1) is 0 Å². The molecule has 7 heteroatoms. The lowest BCUT2D eigenvalue weighted by Crippen LogP contribution is -2.14. The topological polar surface area (TPSA) is 84.6 Å². The standard InChI is InChI=1S/C12H16F2N2O3/c1-7-4-8(5-9(11(7)15)12(17)18)16-2-3-19-6-10(13)14/h4-5,10,16H,2-3,6,15H2,1H3,(H,17,18). The van der Waals surface area contributed by atoms with Crippen molar-refractivity contribution in [3.63, 3.8) is 0 Å². The fourth-order valence-corrected chi connectivity index (χ4v) is 1.52. The van der Waals surface area contributed by atoms with Gasteiger partial charge in [-0.25, -0.2) is 13.6 Å². The zero-order chi connectivity index (χ0) is 14.4. The molecular weight excluding hydrogens is 258 g/mol. The SMILES string of the molecule is Cc1cc(NCCOCC(F)F)cc(C(=O)O)c1N. The van der Waals surface area contributed by atoms with Crippen LogP contribution in [0.5, 0.6) is 0 Å². The molecule has 0 aliphatic carbocycles. The Labute approximate surface area is 109 Å². The molecule has 0 atom stereocenters. The van der Waals surface area contributed by atoms with Crippen LogP contribution < -0.4 is 11.1 Å². The number of carboxylic acids is 1. The van der Waals surface area contributed by atoms with Gasteiger partial charge < -0.3 is 20.9 Å². The minimum Gasteiger partial charge on any atom is -0.478 e. The van der Waals surface area contributed by atoms with E-state index in [2.05, 4.69) is 5.32 Å². The van der Waals surface area contributed by atoms with E-state index in [-0.39, 0.29) is 17.9 Å². The lowest BCUT2D eigenvalue weighted by Gasteiger charge is -2.11. The van der Waals surface area contributed by atoms with Crippen molar-refractivity contribution in [3.8, 4) is 0 Å². The summed E-state index contributed by atoms with van der Waals surface area (Å²) in [6.45, 7) is 1.49. The van der Waals surface area contributed by atoms with Gasteiger partial charge >= 0.3 is 5.97 Å². The van der Waals surface area contributed by atoms with Gasteiger partial charge in [-0.3, -0.25) is 0 Å². The third-order valence-corrected chi connectivity index (χ3v) is 2.44. The van der Waals surface area contributed by atoms with Gasteiger partial charge in [0.25, 0.3) is 6.43 Å². The Morgan fingerprint density at radius 3 is 2.79 bits per heavy atom. The first-order valence-electron chi connectivity index (χ1n) is 5.65. The number of halogens is 2. The summed E-state index contributed by atoms with van der Waals surface area (Å²) >= 11 is 0. The number of hydrogen-bond donors (Lipinski definition) is 3. The van der Waals surface area contributed by atoms with Crippen molar-refractivity contribution < 1.29 is 23.4 Å². The van der Waals surface area contributed by atoms with E-state index in [1.165, 1.54) is 6.07 Å². The largest absolute Gasteiger partial charge is 0.478 e. The quantitative estimate of drug-likeness (QED) is 0.523. The molecule has 5 nitrogen and oxygen atoms in total. The van der Waals surface area contributed by atoms with Crippen molar-refractivity contribution in [2.24, 2.45) is 0 Å². The minimum atomic E-state index is -2.49. The average molecular weight is 274 g/mol. The number of aromatic carboxylic acids is 1. The number of benzene rings is 1. The van der Waals surface area contributed by atoms with Crippen molar-refractivity contribution in [2.45, 2.75) is 13.3 Å². The Morgan fingerprint density at radius 1 is 1.53 bits per heavy atom. The molecule has 0 saturated heterocycles. The molecule has 1 aromatic carbocycles. The fraction of sp³-hybridized carbons (Fsp3) is 0.417. The van der Waals surface area contributed by atoms with E-state index in [0.29, 0.717) is 17.8 Å². The van der Waals surface area contributed by atoms with Crippen molar-refractivity contribution in [1.82, 2.24) is 0 Å². The summed E-state index contributed by atoms with van der Waals surface area (Å²) in [6.07, 6.45) is -2.49. The van der Waals surface area contributed by atoms with Crippen molar-refractivity contribution in [3.05, 3.63) is 23.3 Å². The van der Waals surface area contributed by atoms with Crippen LogP contribution in [0, 0.1) is 6.92 Å². The molecule has 0 saturated carbocycles. The molecule has 4 N–H and O–H groups in total. The monoisotopic (exact) mass is 274 g/mol. The van der Waals surface area contributed by atoms with Gasteiger partial charge in [0.2, 0.25) is 0 Å². The van der Waals surface area contributed by atoms with Crippen LogP contribution in [0.1, 0.15) is 15.9 Å². The van der Waals surface area contributed by atoms with Gasteiger partial charge in [-0.05, 0) is 24.6 Å². The normalized spacial score (nSPS) is 10.7. The number of alkyl halides is 2. The maximum absolute atomic E-state index is 11.8. The summed E-state index contributed by atoms with van der Waals surface area (Å²) in [5.41, 5.74) is 7.07. The maximum Gasteiger partial charge on any atom is 0.337 e. The van der Waals surface area contributed by atoms with E-state index in [1.54, 1.807) is 13.0 Å². The van der Waals surface area contributed by atoms with Crippen molar-refractivity contribution in [1.29, 1.82) is 0 Å². The number of ether oxygens (including phenoxy) is 1. The summed E-state index contributed by atoms with van der Waals surface area (Å²) in [5, 5.41) is 11.9. The number of hydrogen-bond acceptors (Lipinski definition) is 4. The number of rotatable bonds is 7. The predicted octanol–water partition coefficient (Wildman–Crippen LogP) is 1.97. The molecule has 0 spiro atoms. The summed E-state index contributed by atoms with van der Waals surface area (Å²) in [6, 6.07) is 3.09. The second-order valence-electron chi connectivity index (χ2n) is 3.95. The molecule has 1 rings (SSSR count). The Morgan fingerprint density at radius 2 is 2.21 bits per heavy atom. The number of aryl methyl sites for hydroxylation is 1. The van der Waals surface area contributed by atoms with Gasteiger partial charge in [0.05, 0.1) is 12.2 Å². The van der Waals surface area contributed by atoms with Gasteiger partial charge in [0, 0.05) is 17.9 Å². The van der Waals surface area contributed by atoms with E-state index in [0.717, 1.165) is 0 Å². The van der Waals surface area contributed by atoms with Gasteiger partial charge in [-0.2, -0.15) is 0 Å². The number of nitrogens with one attached hydrogen (secondary N) is 1. The van der Waals surface area contributed by atoms with Gasteiger partial charge in [-0.1, -0.05) is 0 Å². The molecule has 19 heavy (non-hydrogen) atoms. The van der Waals surface area contributed by atoms with Crippen LogP contribution in [0.25, 0.3) is 0 Å². The third-order valence-electron chi connectivity index (χ3n) is 2.44. The van der Waals surface area contributed by atoms with Crippen molar-refractivity contribution in [2.75, 3.05) is 30.8 Å². The van der Waals surface area contributed by atoms with E-state index < -0.39 is 19.0 Å². The molecular formula is C12H16F2N2O3. The van der Waals surface area contributed by atoms with Crippen molar-refractivity contribution >= 4 is 17.3 Å². The second kappa shape index (κ2) is 6.89. The smallest absolute Gasteiger partial charge is 0.337 e. The highest BCUT2D eigenvalue weighted by atomic mass is 19.3. The van der Waals surface area contributed by atoms with Gasteiger partial charge in [0.1, 0.15) is 6.61 Å². The number of nitrogen functional groups attached to an aromatic ring is 1. The Hall–Kier alpha value is -1.89. The first-order chi connectivity index (χ1) is 8.91. The zero-order valence-corrected chi connectivity index (χ0v) is 10.5. The van der Waals surface area contributed by atoms with Gasteiger partial charge in [0.15, 0.2) is 0 Å². The Bertz CT molecular complexity index is 453. The molecule has 0 amide bonds. The molecule has 0 fully saturated rings. The minimum absolute atomic E-state index is 0.0102. The zero-order valence-electron chi connectivity index (χ0n) is 10.5. The average Bonchev–Trinajstić information content (AvgIpc) is 2.32. The molecule has 0 bridgehead atoms.